The van der Waals surface area contributed by atoms with E-state index in [2.05, 4.69) is 26.8 Å². The van der Waals surface area contributed by atoms with Crippen LogP contribution in [0.5, 0.6) is 0 Å². The van der Waals surface area contributed by atoms with Crippen molar-refractivity contribution in [3.8, 4) is 0 Å². The SMILES string of the molecule is CCC1OCC2(COC(C)=O)CC1C(C)=CC2C. The molecule has 2 bridgehead atoms. The fraction of sp³-hybridized carbons (Fsp3) is 0.800. The Balaban J connectivity index is 2.19. The van der Waals surface area contributed by atoms with Gasteiger partial charge in [0, 0.05) is 18.3 Å². The van der Waals surface area contributed by atoms with Crippen molar-refractivity contribution in [1.82, 2.24) is 0 Å². The van der Waals surface area contributed by atoms with Crippen LogP contribution in [0.4, 0.5) is 0 Å². The standard InChI is InChI=1S/C15H24O3/c1-5-14-13-7-15(9-18-14,8-17-12(4)16)11(3)6-10(13)2/h6,11,13-14H,5,7-9H2,1-4H3. The normalized spacial score (nSPS) is 39.1. The monoisotopic (exact) mass is 252 g/mol. The second-order valence-electron chi connectivity index (χ2n) is 5.91. The molecular formula is C15H24O3. The van der Waals surface area contributed by atoms with Crippen LogP contribution in [0.1, 0.15) is 40.5 Å². The van der Waals surface area contributed by atoms with Crippen molar-refractivity contribution in [2.24, 2.45) is 17.3 Å². The summed E-state index contributed by atoms with van der Waals surface area (Å²) in [5, 5.41) is 0. The summed E-state index contributed by atoms with van der Waals surface area (Å²) in [4.78, 5) is 11.1. The average Bonchev–Trinajstić information content (AvgIpc) is 2.34. The molecule has 1 aliphatic carbocycles. The molecule has 4 atom stereocenters. The average molecular weight is 252 g/mol. The van der Waals surface area contributed by atoms with Gasteiger partial charge in [-0.3, -0.25) is 4.79 Å². The third-order valence-electron chi connectivity index (χ3n) is 4.69. The highest BCUT2D eigenvalue weighted by Crippen LogP contribution is 2.49. The van der Waals surface area contributed by atoms with Gasteiger partial charge in [0.05, 0.1) is 19.3 Å². The molecule has 0 amide bonds. The molecule has 0 aromatic carbocycles. The Hall–Kier alpha value is -0.830. The third kappa shape index (κ3) is 2.33. The van der Waals surface area contributed by atoms with Crippen LogP contribution >= 0.6 is 0 Å². The molecule has 2 rings (SSSR count). The summed E-state index contributed by atoms with van der Waals surface area (Å²) in [7, 11) is 0. The van der Waals surface area contributed by atoms with Crippen LogP contribution in [0, 0.1) is 17.3 Å². The van der Waals surface area contributed by atoms with Gasteiger partial charge in [0.15, 0.2) is 0 Å². The van der Waals surface area contributed by atoms with E-state index in [0.29, 0.717) is 31.2 Å². The minimum absolute atomic E-state index is 0.0124. The molecule has 0 aromatic heterocycles. The molecule has 4 unspecified atom stereocenters. The number of rotatable bonds is 3. The van der Waals surface area contributed by atoms with Gasteiger partial charge in [-0.15, -0.1) is 0 Å². The summed E-state index contributed by atoms with van der Waals surface area (Å²) in [6.45, 7) is 9.25. The van der Waals surface area contributed by atoms with Gasteiger partial charge in [0.1, 0.15) is 0 Å². The highest BCUT2D eigenvalue weighted by Gasteiger charge is 2.48. The van der Waals surface area contributed by atoms with E-state index in [4.69, 9.17) is 9.47 Å². The van der Waals surface area contributed by atoms with E-state index in [-0.39, 0.29) is 11.4 Å². The smallest absolute Gasteiger partial charge is 0.302 e. The fourth-order valence-corrected chi connectivity index (χ4v) is 3.36. The van der Waals surface area contributed by atoms with E-state index in [9.17, 15) is 4.79 Å². The van der Waals surface area contributed by atoms with Gasteiger partial charge in [0.25, 0.3) is 0 Å². The summed E-state index contributed by atoms with van der Waals surface area (Å²) in [6.07, 6.45) is 4.82. The Kier molecular flexibility index (Phi) is 3.81. The molecule has 1 fully saturated rings. The van der Waals surface area contributed by atoms with Crippen LogP contribution in [0.3, 0.4) is 0 Å². The third-order valence-corrected chi connectivity index (χ3v) is 4.69. The van der Waals surface area contributed by atoms with Crippen LogP contribution < -0.4 is 0 Å². The minimum atomic E-state index is -0.197. The van der Waals surface area contributed by atoms with Crippen molar-refractivity contribution in [2.45, 2.75) is 46.6 Å². The molecule has 0 aromatic rings. The Labute approximate surface area is 110 Å². The van der Waals surface area contributed by atoms with E-state index in [1.165, 1.54) is 12.5 Å². The zero-order chi connectivity index (χ0) is 13.3. The molecule has 1 heterocycles. The summed E-state index contributed by atoms with van der Waals surface area (Å²) in [5.74, 6) is 0.707. The first-order chi connectivity index (χ1) is 8.48. The number of allylic oxidation sites excluding steroid dienone is 1. The first-order valence-electron chi connectivity index (χ1n) is 6.92. The molecule has 0 saturated carbocycles. The van der Waals surface area contributed by atoms with Crippen LogP contribution in [0.2, 0.25) is 0 Å². The van der Waals surface area contributed by atoms with Crippen molar-refractivity contribution >= 4 is 5.97 Å². The first-order valence-corrected chi connectivity index (χ1v) is 6.92. The van der Waals surface area contributed by atoms with Crippen LogP contribution in [0.15, 0.2) is 11.6 Å². The maximum absolute atomic E-state index is 11.1. The largest absolute Gasteiger partial charge is 0.465 e. The van der Waals surface area contributed by atoms with Crippen molar-refractivity contribution in [3.63, 3.8) is 0 Å². The summed E-state index contributed by atoms with van der Waals surface area (Å²) in [5.41, 5.74) is 1.43. The topological polar surface area (TPSA) is 35.5 Å². The van der Waals surface area contributed by atoms with Crippen molar-refractivity contribution < 1.29 is 14.3 Å². The molecule has 0 radical (unpaired) electrons. The number of hydrogen-bond donors (Lipinski definition) is 0. The molecule has 3 heteroatoms. The molecule has 1 saturated heterocycles. The number of carbonyl (C=O) groups is 1. The van der Waals surface area contributed by atoms with Gasteiger partial charge in [-0.2, -0.15) is 0 Å². The van der Waals surface area contributed by atoms with Crippen molar-refractivity contribution in [3.05, 3.63) is 11.6 Å². The fourth-order valence-electron chi connectivity index (χ4n) is 3.36. The van der Waals surface area contributed by atoms with Crippen molar-refractivity contribution in [1.29, 1.82) is 0 Å². The lowest BCUT2D eigenvalue weighted by Gasteiger charge is -2.50. The number of esters is 1. The quantitative estimate of drug-likeness (QED) is 0.572. The molecular weight excluding hydrogens is 228 g/mol. The first kappa shape index (κ1) is 13.6. The van der Waals surface area contributed by atoms with E-state index >= 15 is 0 Å². The van der Waals surface area contributed by atoms with E-state index in [0.717, 1.165) is 12.8 Å². The lowest BCUT2D eigenvalue weighted by atomic mass is 9.62. The molecule has 2 aliphatic rings. The molecule has 0 spiro atoms. The Bertz CT molecular complexity index is 361. The number of fused-ring (bicyclic) bond motifs is 2. The van der Waals surface area contributed by atoms with Gasteiger partial charge in [-0.1, -0.05) is 25.5 Å². The molecule has 3 nitrogen and oxygen atoms in total. The number of carbonyl (C=O) groups excluding carboxylic acids is 1. The molecule has 1 aliphatic heterocycles. The van der Waals surface area contributed by atoms with E-state index in [1.807, 2.05) is 0 Å². The molecule has 18 heavy (non-hydrogen) atoms. The minimum Gasteiger partial charge on any atom is -0.465 e. The zero-order valence-electron chi connectivity index (χ0n) is 11.9. The lowest BCUT2D eigenvalue weighted by molar-refractivity contribution is -0.161. The van der Waals surface area contributed by atoms with Crippen LogP contribution in [0.25, 0.3) is 0 Å². The van der Waals surface area contributed by atoms with Gasteiger partial charge in [-0.25, -0.2) is 0 Å². The second-order valence-corrected chi connectivity index (χ2v) is 5.91. The maximum atomic E-state index is 11.1. The summed E-state index contributed by atoms with van der Waals surface area (Å²) >= 11 is 0. The van der Waals surface area contributed by atoms with Crippen LogP contribution in [-0.4, -0.2) is 25.3 Å². The zero-order valence-corrected chi connectivity index (χ0v) is 11.9. The van der Waals surface area contributed by atoms with Gasteiger partial charge in [-0.05, 0) is 25.7 Å². The highest BCUT2D eigenvalue weighted by atomic mass is 16.5. The lowest BCUT2D eigenvalue weighted by Crippen LogP contribution is -2.50. The maximum Gasteiger partial charge on any atom is 0.302 e. The molecule has 102 valence electrons. The number of ether oxygens (including phenoxy) is 2. The van der Waals surface area contributed by atoms with E-state index in [1.54, 1.807) is 0 Å². The summed E-state index contributed by atoms with van der Waals surface area (Å²) < 4.78 is 11.3. The Morgan fingerprint density at radius 3 is 2.94 bits per heavy atom. The molecule has 0 N–H and O–H groups in total. The summed E-state index contributed by atoms with van der Waals surface area (Å²) in [6, 6.07) is 0. The Morgan fingerprint density at radius 2 is 2.33 bits per heavy atom. The highest BCUT2D eigenvalue weighted by molar-refractivity contribution is 5.65. The van der Waals surface area contributed by atoms with Crippen molar-refractivity contribution in [2.75, 3.05) is 13.2 Å². The Morgan fingerprint density at radius 1 is 1.61 bits per heavy atom. The van der Waals surface area contributed by atoms with Crippen LogP contribution in [-0.2, 0) is 14.3 Å². The predicted molar refractivity (Wildman–Crippen MR) is 70.1 cm³/mol. The van der Waals surface area contributed by atoms with Gasteiger partial charge in [0.2, 0.25) is 0 Å². The van der Waals surface area contributed by atoms with Gasteiger partial charge < -0.3 is 9.47 Å². The number of hydrogen-bond acceptors (Lipinski definition) is 3. The van der Waals surface area contributed by atoms with Gasteiger partial charge >= 0.3 is 5.97 Å². The van der Waals surface area contributed by atoms with E-state index < -0.39 is 0 Å². The second kappa shape index (κ2) is 5.04. The predicted octanol–water partition coefficient (Wildman–Crippen LogP) is 2.95.